The average Bonchev–Trinajstić information content (AvgIpc) is 2.75. The molecule has 1 saturated heterocycles. The molecule has 1 aliphatic heterocycles. The first-order valence-electron chi connectivity index (χ1n) is 11.8. The minimum absolute atomic E-state index is 0. The summed E-state index contributed by atoms with van der Waals surface area (Å²) in [5, 5.41) is 21.5. The SMILES string of the molecule is CC1CN(CCC(C(=O)NCC(=O)O)C2CCCCC2)CCC1(C)c1cccc(O)c1.O. The molecule has 2 aliphatic rings. The van der Waals surface area contributed by atoms with Crippen molar-refractivity contribution >= 4 is 11.9 Å². The summed E-state index contributed by atoms with van der Waals surface area (Å²) in [6, 6.07) is 7.63. The van der Waals surface area contributed by atoms with E-state index in [2.05, 4.69) is 30.1 Å². The third-order valence-electron chi connectivity index (χ3n) is 7.80. The van der Waals surface area contributed by atoms with Crippen LogP contribution in [0.4, 0.5) is 0 Å². The van der Waals surface area contributed by atoms with Gasteiger partial charge in [-0.15, -0.1) is 0 Å². The molecule has 1 aromatic rings. The number of aromatic hydroxyl groups is 1. The zero-order chi connectivity index (χ0) is 22.4. The second-order valence-electron chi connectivity index (χ2n) is 9.82. The molecular formula is C25H40N2O5. The number of carboxylic acids is 1. The monoisotopic (exact) mass is 448 g/mol. The maximum Gasteiger partial charge on any atom is 0.322 e. The molecule has 3 rings (SSSR count). The van der Waals surface area contributed by atoms with Crippen LogP contribution in [0.25, 0.3) is 0 Å². The van der Waals surface area contributed by atoms with Crippen molar-refractivity contribution in [1.29, 1.82) is 0 Å². The number of phenolic OH excluding ortho intramolecular Hbond substituents is 1. The van der Waals surface area contributed by atoms with Crippen molar-refractivity contribution in [3.05, 3.63) is 29.8 Å². The molecule has 0 aromatic heterocycles. The van der Waals surface area contributed by atoms with Gasteiger partial charge in [-0.1, -0.05) is 45.2 Å². The van der Waals surface area contributed by atoms with E-state index in [4.69, 9.17) is 5.11 Å². The standard InChI is InChI=1S/C25H38N2O4.H2O/c1-18-17-27(14-12-25(18,2)20-9-6-10-21(28)15-20)13-11-22(19-7-4-3-5-8-19)24(31)26-16-23(29)30;/h6,9-10,15,18-19,22,28H,3-5,7-8,11-14,16-17H2,1-2H3,(H,26,31)(H,29,30);1H2. The highest BCUT2D eigenvalue weighted by Gasteiger charge is 2.38. The normalized spacial score (nSPS) is 25.5. The minimum Gasteiger partial charge on any atom is -0.508 e. The fourth-order valence-corrected chi connectivity index (χ4v) is 5.54. The summed E-state index contributed by atoms with van der Waals surface area (Å²) < 4.78 is 0. The lowest BCUT2D eigenvalue weighted by Gasteiger charge is -2.45. The van der Waals surface area contributed by atoms with E-state index in [0.29, 0.717) is 17.6 Å². The second kappa shape index (κ2) is 11.7. The largest absolute Gasteiger partial charge is 0.508 e. The first-order chi connectivity index (χ1) is 14.8. The summed E-state index contributed by atoms with van der Waals surface area (Å²) in [6.07, 6.45) is 7.49. The Balaban J connectivity index is 0.00000363. The number of carbonyl (C=O) groups excluding carboxylic acids is 1. The molecule has 7 heteroatoms. The molecule has 7 nitrogen and oxygen atoms in total. The van der Waals surface area contributed by atoms with Gasteiger partial charge in [0.05, 0.1) is 0 Å². The smallest absolute Gasteiger partial charge is 0.322 e. The Morgan fingerprint density at radius 3 is 2.59 bits per heavy atom. The van der Waals surface area contributed by atoms with Crippen molar-refractivity contribution in [2.75, 3.05) is 26.2 Å². The molecule has 0 spiro atoms. The molecule has 1 saturated carbocycles. The molecule has 1 aromatic carbocycles. The van der Waals surface area contributed by atoms with Gasteiger partial charge in [-0.05, 0) is 73.7 Å². The molecule has 0 radical (unpaired) electrons. The molecule has 1 amide bonds. The Bertz CT molecular complexity index is 764. The number of hydrogen-bond acceptors (Lipinski definition) is 4. The molecule has 32 heavy (non-hydrogen) atoms. The molecule has 3 atom stereocenters. The van der Waals surface area contributed by atoms with Crippen LogP contribution >= 0.6 is 0 Å². The van der Waals surface area contributed by atoms with Gasteiger partial charge in [0, 0.05) is 12.5 Å². The van der Waals surface area contributed by atoms with Gasteiger partial charge in [0.15, 0.2) is 0 Å². The van der Waals surface area contributed by atoms with E-state index in [1.54, 1.807) is 6.07 Å². The summed E-state index contributed by atoms with van der Waals surface area (Å²) in [6.45, 7) is 7.04. The van der Waals surface area contributed by atoms with Crippen molar-refractivity contribution in [1.82, 2.24) is 10.2 Å². The van der Waals surface area contributed by atoms with Gasteiger partial charge in [-0.3, -0.25) is 9.59 Å². The first kappa shape index (κ1) is 26.1. The summed E-state index contributed by atoms with van der Waals surface area (Å²) in [5.41, 5.74) is 1.21. The van der Waals surface area contributed by atoms with Gasteiger partial charge < -0.3 is 25.9 Å². The number of carbonyl (C=O) groups is 2. The summed E-state index contributed by atoms with van der Waals surface area (Å²) in [7, 11) is 0. The fraction of sp³-hybridized carbons (Fsp3) is 0.680. The number of carboxylic acid groups (broad SMARTS) is 1. The van der Waals surface area contributed by atoms with Gasteiger partial charge >= 0.3 is 5.97 Å². The van der Waals surface area contributed by atoms with Crippen LogP contribution in [0.5, 0.6) is 5.75 Å². The van der Waals surface area contributed by atoms with Crippen LogP contribution in [0.3, 0.4) is 0 Å². The number of likely N-dealkylation sites (tertiary alicyclic amines) is 1. The predicted octanol–water partition coefficient (Wildman–Crippen LogP) is 2.95. The van der Waals surface area contributed by atoms with Crippen LogP contribution in [-0.2, 0) is 15.0 Å². The van der Waals surface area contributed by atoms with Crippen LogP contribution in [-0.4, -0.2) is 58.6 Å². The van der Waals surface area contributed by atoms with E-state index < -0.39 is 5.97 Å². The lowest BCUT2D eigenvalue weighted by molar-refractivity contribution is -0.139. The van der Waals surface area contributed by atoms with Crippen LogP contribution < -0.4 is 5.32 Å². The summed E-state index contributed by atoms with van der Waals surface area (Å²) >= 11 is 0. The molecule has 180 valence electrons. The number of amides is 1. The quantitative estimate of drug-likeness (QED) is 0.564. The third kappa shape index (κ3) is 6.45. The predicted molar refractivity (Wildman–Crippen MR) is 125 cm³/mol. The second-order valence-corrected chi connectivity index (χ2v) is 9.82. The zero-order valence-corrected chi connectivity index (χ0v) is 19.5. The highest BCUT2D eigenvalue weighted by Crippen LogP contribution is 2.40. The Morgan fingerprint density at radius 1 is 1.25 bits per heavy atom. The van der Waals surface area contributed by atoms with E-state index in [-0.39, 0.29) is 29.3 Å². The number of hydrogen-bond donors (Lipinski definition) is 3. The van der Waals surface area contributed by atoms with Gasteiger partial charge in [0.1, 0.15) is 12.3 Å². The Kier molecular flexibility index (Phi) is 9.52. The third-order valence-corrected chi connectivity index (χ3v) is 7.80. The average molecular weight is 449 g/mol. The van der Waals surface area contributed by atoms with Gasteiger partial charge in [0.25, 0.3) is 0 Å². The minimum atomic E-state index is -0.994. The maximum atomic E-state index is 12.8. The van der Waals surface area contributed by atoms with E-state index in [0.717, 1.165) is 58.2 Å². The number of nitrogens with zero attached hydrogens (tertiary/aromatic N) is 1. The number of rotatable bonds is 8. The lowest BCUT2D eigenvalue weighted by atomic mass is 9.68. The van der Waals surface area contributed by atoms with Crippen molar-refractivity contribution in [3.8, 4) is 5.75 Å². The molecule has 1 heterocycles. The summed E-state index contributed by atoms with van der Waals surface area (Å²) in [4.78, 5) is 26.1. The molecule has 5 N–H and O–H groups in total. The lowest BCUT2D eigenvalue weighted by Crippen LogP contribution is -2.48. The van der Waals surface area contributed by atoms with Gasteiger partial charge in [-0.25, -0.2) is 0 Å². The van der Waals surface area contributed by atoms with Crippen molar-refractivity contribution in [2.45, 2.75) is 64.2 Å². The van der Waals surface area contributed by atoms with Gasteiger partial charge in [0.2, 0.25) is 5.91 Å². The topological polar surface area (TPSA) is 121 Å². The van der Waals surface area contributed by atoms with Crippen LogP contribution in [0.2, 0.25) is 0 Å². The molecule has 2 fully saturated rings. The number of nitrogens with one attached hydrogen (secondary N) is 1. The van der Waals surface area contributed by atoms with Crippen molar-refractivity contribution in [3.63, 3.8) is 0 Å². The number of benzene rings is 1. The molecule has 1 aliphatic carbocycles. The van der Waals surface area contributed by atoms with E-state index >= 15 is 0 Å². The fourth-order valence-electron chi connectivity index (χ4n) is 5.54. The maximum absolute atomic E-state index is 12.8. The highest BCUT2D eigenvalue weighted by atomic mass is 16.4. The number of piperidine rings is 1. The number of aliphatic carboxylic acids is 1. The molecule has 0 bridgehead atoms. The Hall–Kier alpha value is -2.12. The van der Waals surface area contributed by atoms with E-state index in [9.17, 15) is 14.7 Å². The highest BCUT2D eigenvalue weighted by molar-refractivity contribution is 5.83. The van der Waals surface area contributed by atoms with Crippen molar-refractivity contribution in [2.24, 2.45) is 17.8 Å². The Morgan fingerprint density at radius 2 is 1.97 bits per heavy atom. The van der Waals surface area contributed by atoms with Crippen LogP contribution in [0.15, 0.2) is 24.3 Å². The van der Waals surface area contributed by atoms with Crippen LogP contribution in [0, 0.1) is 17.8 Å². The van der Waals surface area contributed by atoms with Crippen molar-refractivity contribution < 1.29 is 25.3 Å². The summed E-state index contributed by atoms with van der Waals surface area (Å²) in [5.74, 6) is -0.0829. The molecular weight excluding hydrogens is 408 g/mol. The van der Waals surface area contributed by atoms with E-state index in [1.807, 2.05) is 12.1 Å². The van der Waals surface area contributed by atoms with E-state index in [1.165, 1.54) is 12.0 Å². The zero-order valence-electron chi connectivity index (χ0n) is 19.5. The first-order valence-corrected chi connectivity index (χ1v) is 11.8. The molecule has 3 unspecified atom stereocenters. The van der Waals surface area contributed by atoms with Gasteiger partial charge in [-0.2, -0.15) is 0 Å². The number of phenols is 1. The Labute approximate surface area is 191 Å². The van der Waals surface area contributed by atoms with Crippen LogP contribution in [0.1, 0.15) is 64.4 Å².